The van der Waals surface area contributed by atoms with Crippen molar-refractivity contribution in [2.24, 2.45) is 7.05 Å². The van der Waals surface area contributed by atoms with E-state index in [2.05, 4.69) is 15.3 Å². The number of hydrogen-bond acceptors (Lipinski definition) is 6. The lowest BCUT2D eigenvalue weighted by atomic mass is 9.96. The van der Waals surface area contributed by atoms with Crippen molar-refractivity contribution >= 4 is 42.9 Å². The monoisotopic (exact) mass is 514 g/mol. The van der Waals surface area contributed by atoms with Crippen LogP contribution >= 0.6 is 15.0 Å². The summed E-state index contributed by atoms with van der Waals surface area (Å²) in [5.41, 5.74) is 3.93. The first-order chi connectivity index (χ1) is 16.4. The Labute approximate surface area is 200 Å². The molecule has 2 heterocycles. The molecule has 4 rings (SSSR count). The van der Waals surface area contributed by atoms with Crippen LogP contribution in [-0.4, -0.2) is 35.1 Å². The first-order valence-corrected chi connectivity index (χ1v) is 14.2. The standard InChI is InChI=1S/C23H24N4O6P2/c1-14-6-4-7-15(2)20(14)19-10-16-12-24-23(26-21(16)27(3)22(19)28)25-17-8-5-9-18(11-17)34(29,30)13-35(31,32)33/h4-12H,13H2,1-3H3,(H,29,30)(H,24,25,26)(H2,31,32,33). The number of rotatable bonds is 6. The van der Waals surface area contributed by atoms with Gasteiger partial charge in [0.05, 0.1) is 0 Å². The predicted octanol–water partition coefficient (Wildman–Crippen LogP) is 3.39. The van der Waals surface area contributed by atoms with Gasteiger partial charge in [0.2, 0.25) is 13.3 Å². The summed E-state index contributed by atoms with van der Waals surface area (Å²) in [6.07, 6.45) is 1.58. The highest BCUT2D eigenvalue weighted by Gasteiger charge is 2.31. The quantitative estimate of drug-likeness (QED) is 0.284. The normalized spacial score (nSPS) is 13.5. The molecule has 12 heteroatoms. The molecule has 0 fully saturated rings. The van der Waals surface area contributed by atoms with Crippen molar-refractivity contribution in [1.82, 2.24) is 14.5 Å². The molecule has 1 unspecified atom stereocenters. The zero-order valence-corrected chi connectivity index (χ0v) is 21.0. The SMILES string of the molecule is Cc1cccc(C)c1-c1cc2cnc(Nc3cccc(P(=O)(O)CP(=O)(O)O)c3)nc2n(C)c1=O. The molecule has 4 N–H and O–H groups in total. The van der Waals surface area contributed by atoms with Gasteiger partial charge < -0.3 is 20.0 Å². The molecule has 0 saturated carbocycles. The first-order valence-electron chi connectivity index (χ1n) is 10.5. The van der Waals surface area contributed by atoms with E-state index in [1.165, 1.54) is 22.8 Å². The van der Waals surface area contributed by atoms with E-state index in [0.29, 0.717) is 22.3 Å². The van der Waals surface area contributed by atoms with Gasteiger partial charge in [0.15, 0.2) is 0 Å². The van der Waals surface area contributed by atoms with E-state index in [1.807, 2.05) is 32.0 Å². The fourth-order valence-electron chi connectivity index (χ4n) is 3.99. The summed E-state index contributed by atoms with van der Waals surface area (Å²) in [6.45, 7) is 3.91. The van der Waals surface area contributed by atoms with Crippen LogP contribution in [0.1, 0.15) is 11.1 Å². The van der Waals surface area contributed by atoms with Gasteiger partial charge in [-0.05, 0) is 54.8 Å². The lowest BCUT2D eigenvalue weighted by molar-refractivity contribution is 0.376. The zero-order chi connectivity index (χ0) is 25.5. The van der Waals surface area contributed by atoms with Crippen LogP contribution in [0.4, 0.5) is 11.6 Å². The molecular formula is C23H24N4O6P2. The van der Waals surface area contributed by atoms with Crippen molar-refractivity contribution in [2.45, 2.75) is 13.8 Å². The first kappa shape index (κ1) is 25.0. The van der Waals surface area contributed by atoms with E-state index in [0.717, 1.165) is 16.7 Å². The molecule has 0 aliphatic heterocycles. The fraction of sp³-hybridized carbons (Fsp3) is 0.174. The van der Waals surface area contributed by atoms with Gasteiger partial charge in [-0.3, -0.25) is 18.5 Å². The van der Waals surface area contributed by atoms with E-state index in [4.69, 9.17) is 9.79 Å². The number of aryl methyl sites for hydroxylation is 3. The Bertz CT molecular complexity index is 1590. The Balaban J connectivity index is 1.72. The molecule has 10 nitrogen and oxygen atoms in total. The van der Waals surface area contributed by atoms with Crippen LogP contribution < -0.4 is 16.2 Å². The van der Waals surface area contributed by atoms with Gasteiger partial charge in [-0.25, -0.2) is 4.98 Å². The average molecular weight is 514 g/mol. The van der Waals surface area contributed by atoms with Crippen LogP contribution in [0.3, 0.4) is 0 Å². The molecule has 182 valence electrons. The van der Waals surface area contributed by atoms with Gasteiger partial charge in [-0.2, -0.15) is 4.98 Å². The van der Waals surface area contributed by atoms with Gasteiger partial charge >= 0.3 is 7.60 Å². The van der Waals surface area contributed by atoms with Crippen LogP contribution in [0, 0.1) is 13.8 Å². The third kappa shape index (κ3) is 5.27. The molecule has 0 bridgehead atoms. The maximum absolute atomic E-state index is 13.2. The summed E-state index contributed by atoms with van der Waals surface area (Å²) >= 11 is 0. The second-order valence-electron chi connectivity index (χ2n) is 8.34. The topological polar surface area (TPSA) is 155 Å². The summed E-state index contributed by atoms with van der Waals surface area (Å²) in [5, 5.41) is 3.46. The van der Waals surface area contributed by atoms with Gasteiger partial charge in [0.25, 0.3) is 5.56 Å². The summed E-state index contributed by atoms with van der Waals surface area (Å²) in [6, 6.07) is 13.3. The summed E-state index contributed by atoms with van der Waals surface area (Å²) in [5.74, 6) is -1.01. The average Bonchev–Trinajstić information content (AvgIpc) is 2.76. The Hall–Kier alpha value is -3.13. The van der Waals surface area contributed by atoms with Gasteiger partial charge in [-0.15, -0.1) is 0 Å². The van der Waals surface area contributed by atoms with Crippen LogP contribution in [0.2, 0.25) is 0 Å². The van der Waals surface area contributed by atoms with Gasteiger partial charge in [-0.1, -0.05) is 24.3 Å². The highest BCUT2D eigenvalue weighted by molar-refractivity contribution is 7.77. The van der Waals surface area contributed by atoms with Crippen molar-refractivity contribution in [3.8, 4) is 11.1 Å². The second-order valence-corrected chi connectivity index (χ2v) is 12.7. The molecule has 2 aromatic heterocycles. The van der Waals surface area contributed by atoms with Crippen molar-refractivity contribution in [3.63, 3.8) is 0 Å². The Kier molecular flexibility index (Phi) is 6.53. The number of pyridine rings is 1. The Morgan fingerprint density at radius 3 is 2.31 bits per heavy atom. The summed E-state index contributed by atoms with van der Waals surface area (Å²) < 4.78 is 25.1. The van der Waals surface area contributed by atoms with E-state index in [-0.39, 0.29) is 16.8 Å². The van der Waals surface area contributed by atoms with E-state index in [9.17, 15) is 18.8 Å². The van der Waals surface area contributed by atoms with Crippen LogP contribution in [-0.2, 0) is 16.2 Å². The largest absolute Gasteiger partial charge is 0.341 e. The molecule has 0 aliphatic carbocycles. The number of nitrogens with one attached hydrogen (secondary N) is 1. The Morgan fingerprint density at radius 2 is 1.66 bits per heavy atom. The van der Waals surface area contributed by atoms with Crippen LogP contribution in [0.25, 0.3) is 22.2 Å². The second kappa shape index (κ2) is 9.15. The van der Waals surface area contributed by atoms with E-state index < -0.39 is 20.9 Å². The van der Waals surface area contributed by atoms with Gasteiger partial charge in [0, 0.05) is 35.2 Å². The maximum Gasteiger partial charge on any atom is 0.335 e. The molecule has 0 amide bonds. The molecule has 1 atom stereocenters. The lowest BCUT2D eigenvalue weighted by Gasteiger charge is -2.15. The highest BCUT2D eigenvalue weighted by Crippen LogP contribution is 2.53. The van der Waals surface area contributed by atoms with Crippen LogP contribution in [0.15, 0.2) is 59.5 Å². The van der Waals surface area contributed by atoms with Gasteiger partial charge in [0.1, 0.15) is 11.6 Å². The molecule has 0 radical (unpaired) electrons. The third-order valence-electron chi connectivity index (χ3n) is 5.58. The molecule has 0 saturated heterocycles. The number of benzene rings is 2. The number of aromatic nitrogens is 3. The zero-order valence-electron chi connectivity index (χ0n) is 19.2. The van der Waals surface area contributed by atoms with Crippen molar-refractivity contribution in [1.29, 1.82) is 0 Å². The van der Waals surface area contributed by atoms with Crippen LogP contribution in [0.5, 0.6) is 0 Å². The van der Waals surface area contributed by atoms with E-state index >= 15 is 0 Å². The molecule has 2 aromatic carbocycles. The van der Waals surface area contributed by atoms with E-state index in [1.54, 1.807) is 25.4 Å². The minimum atomic E-state index is -4.70. The smallest absolute Gasteiger partial charge is 0.335 e. The van der Waals surface area contributed by atoms with Crippen molar-refractivity contribution < 1.29 is 23.8 Å². The minimum Gasteiger partial charge on any atom is -0.341 e. The number of nitrogens with zero attached hydrogens (tertiary/aromatic N) is 3. The molecule has 4 aromatic rings. The third-order valence-corrected chi connectivity index (χ3v) is 9.67. The predicted molar refractivity (Wildman–Crippen MR) is 136 cm³/mol. The minimum absolute atomic E-state index is 0.114. The number of hydrogen-bond donors (Lipinski definition) is 4. The summed E-state index contributed by atoms with van der Waals surface area (Å²) in [4.78, 5) is 50.3. The van der Waals surface area contributed by atoms with Crippen molar-refractivity contribution in [3.05, 3.63) is 76.2 Å². The maximum atomic E-state index is 13.2. The summed E-state index contributed by atoms with van der Waals surface area (Å²) in [7, 11) is -7.35. The number of anilines is 2. The fourth-order valence-corrected chi connectivity index (χ4v) is 7.30. The Morgan fingerprint density at radius 1 is 1.00 bits per heavy atom. The highest BCUT2D eigenvalue weighted by atomic mass is 31.2. The lowest BCUT2D eigenvalue weighted by Crippen LogP contribution is -2.20. The molecule has 0 aliphatic rings. The molecule has 0 spiro atoms. The number of fused-ring (bicyclic) bond motifs is 1. The molecule has 35 heavy (non-hydrogen) atoms. The van der Waals surface area contributed by atoms with Crippen molar-refractivity contribution in [2.75, 3.05) is 11.2 Å². The molecular weight excluding hydrogens is 490 g/mol.